The molecule has 412 valence electrons. The molecule has 22 nitrogen and oxygen atoms in total. The lowest BCUT2D eigenvalue weighted by Gasteiger charge is -2.60. The lowest BCUT2D eigenvalue weighted by atomic mass is 9.46. The minimum atomic E-state index is -1.94. The van der Waals surface area contributed by atoms with Gasteiger partial charge in [0.2, 0.25) is 0 Å². The van der Waals surface area contributed by atoms with Gasteiger partial charge in [0.25, 0.3) is 0 Å². The molecule has 0 aromatic heterocycles. The van der Waals surface area contributed by atoms with Crippen LogP contribution in [0.4, 0.5) is 0 Å². The lowest BCUT2D eigenvalue weighted by molar-refractivity contribution is -0.401. The standard InChI is InChI=1S/C50H80O22/c1-19-8-11-50(64-17-19)20(2)32-28(72-50)14-26-24-7-6-22-12-23(53)13-31(49(22,5)25(24)9-10-48(26,32)4)68-46-40(62)41(36(58)30(16-52)67-46)69-47-43(71-44-38(60)34(56)27(54)18-63-44)42(33(55)21(3)65-47)70-45-39(61)37(59)35(57)29(15-51)66-45/h6,19-21,23-47,51-62H,7-18H2,1-5H3. The van der Waals surface area contributed by atoms with E-state index in [1.807, 2.05) is 0 Å². The minimum absolute atomic E-state index is 0.0164. The van der Waals surface area contributed by atoms with E-state index in [2.05, 4.69) is 33.8 Å². The van der Waals surface area contributed by atoms with Crippen LogP contribution in [-0.4, -0.2) is 229 Å². The van der Waals surface area contributed by atoms with Gasteiger partial charge in [-0.1, -0.05) is 39.3 Å². The van der Waals surface area contributed by atoms with Gasteiger partial charge in [-0.3, -0.25) is 0 Å². The maximum Gasteiger partial charge on any atom is 0.187 e. The van der Waals surface area contributed by atoms with Crippen LogP contribution in [-0.2, 0) is 47.4 Å². The van der Waals surface area contributed by atoms with E-state index in [0.29, 0.717) is 30.8 Å². The SMILES string of the molecule is CC1CCC2(OC1)OC1CC3C4CC=C5CC(O)CC(OC6OC(CO)C(O)C(OC7OC(C)C(O)C(OC8OC(CO)C(O)C(O)C8O)C7OC7OCC(O)C(O)C7O)C6O)C5(C)C4CCC3(C)C1C2C. The Morgan fingerprint density at radius 3 is 1.99 bits per heavy atom. The number of hydrogen-bond donors (Lipinski definition) is 12. The van der Waals surface area contributed by atoms with Gasteiger partial charge in [-0.2, -0.15) is 0 Å². The van der Waals surface area contributed by atoms with Crippen molar-refractivity contribution in [2.24, 2.45) is 46.3 Å². The predicted molar refractivity (Wildman–Crippen MR) is 242 cm³/mol. The molecule has 22 heteroatoms. The van der Waals surface area contributed by atoms with Gasteiger partial charge in [-0.15, -0.1) is 0 Å². The predicted octanol–water partition coefficient (Wildman–Crippen LogP) is -2.35. The molecule has 0 aromatic carbocycles. The highest BCUT2D eigenvalue weighted by Gasteiger charge is 2.70. The molecule has 10 rings (SSSR count). The van der Waals surface area contributed by atoms with Gasteiger partial charge in [0, 0.05) is 24.2 Å². The molecule has 72 heavy (non-hydrogen) atoms. The summed E-state index contributed by atoms with van der Waals surface area (Å²) >= 11 is 0. The largest absolute Gasteiger partial charge is 0.394 e. The van der Waals surface area contributed by atoms with Crippen LogP contribution >= 0.6 is 0 Å². The highest BCUT2D eigenvalue weighted by Crippen LogP contribution is 2.71. The third kappa shape index (κ3) is 8.99. The van der Waals surface area contributed by atoms with E-state index in [1.54, 1.807) is 0 Å². The normalized spacial score (nSPS) is 57.8. The monoisotopic (exact) mass is 1030 g/mol. The summed E-state index contributed by atoms with van der Waals surface area (Å²) in [5.74, 6) is 1.31. The molecular formula is C50H80O22. The third-order valence-electron chi connectivity index (χ3n) is 19.5. The van der Waals surface area contributed by atoms with Crippen molar-refractivity contribution in [1.29, 1.82) is 0 Å². The van der Waals surface area contributed by atoms with Gasteiger partial charge in [0.1, 0.15) is 85.5 Å². The molecule has 6 saturated heterocycles. The summed E-state index contributed by atoms with van der Waals surface area (Å²) in [4.78, 5) is 0. The average Bonchev–Trinajstić information content (AvgIpc) is 3.80. The number of allylic oxidation sites excluding steroid dienone is 1. The molecule has 10 aliphatic rings. The smallest absolute Gasteiger partial charge is 0.187 e. The summed E-state index contributed by atoms with van der Waals surface area (Å²) in [5, 5.41) is 131. The fourth-order valence-electron chi connectivity index (χ4n) is 15.3. The van der Waals surface area contributed by atoms with E-state index in [9.17, 15) is 61.3 Å². The third-order valence-corrected chi connectivity index (χ3v) is 19.5. The first-order valence-electron chi connectivity index (χ1n) is 26.4. The first kappa shape index (κ1) is 54.2. The summed E-state index contributed by atoms with van der Waals surface area (Å²) < 4.78 is 62.4. The van der Waals surface area contributed by atoms with Gasteiger partial charge >= 0.3 is 0 Å². The molecule has 31 unspecified atom stereocenters. The molecular weight excluding hydrogens is 953 g/mol. The van der Waals surface area contributed by atoms with Crippen LogP contribution in [0.1, 0.15) is 86.0 Å². The number of fused-ring (bicyclic) bond motifs is 7. The summed E-state index contributed by atoms with van der Waals surface area (Å²) in [7, 11) is 0. The van der Waals surface area contributed by atoms with E-state index >= 15 is 0 Å². The van der Waals surface area contributed by atoms with Crippen LogP contribution in [0.5, 0.6) is 0 Å². The van der Waals surface area contributed by atoms with Crippen LogP contribution < -0.4 is 0 Å². The van der Waals surface area contributed by atoms with Crippen LogP contribution in [0.25, 0.3) is 0 Å². The molecule has 3 saturated carbocycles. The Labute approximate surface area is 419 Å². The van der Waals surface area contributed by atoms with Crippen LogP contribution in [0.15, 0.2) is 11.6 Å². The molecule has 0 bridgehead atoms. The zero-order chi connectivity index (χ0) is 51.5. The zero-order valence-electron chi connectivity index (χ0n) is 41.7. The van der Waals surface area contributed by atoms with Gasteiger partial charge < -0.3 is 109 Å². The Kier molecular flexibility index (Phi) is 15.5. The fourth-order valence-corrected chi connectivity index (χ4v) is 15.3. The number of hydrogen-bond acceptors (Lipinski definition) is 22. The van der Waals surface area contributed by atoms with Gasteiger partial charge in [-0.25, -0.2) is 0 Å². The fraction of sp³-hybridized carbons (Fsp3) is 0.960. The Hall–Kier alpha value is -1.14. The summed E-state index contributed by atoms with van der Waals surface area (Å²) in [6.07, 6.45) is -25.0. The summed E-state index contributed by atoms with van der Waals surface area (Å²) in [6.45, 7) is 9.22. The molecule has 4 aliphatic carbocycles. The van der Waals surface area contributed by atoms with Crippen molar-refractivity contribution in [2.75, 3.05) is 26.4 Å². The molecule has 6 aliphatic heterocycles. The van der Waals surface area contributed by atoms with E-state index in [-0.39, 0.29) is 35.7 Å². The van der Waals surface area contributed by atoms with Gasteiger partial charge in [0.05, 0.1) is 50.8 Å². The van der Waals surface area contributed by atoms with Gasteiger partial charge in [-0.05, 0) is 80.5 Å². The molecule has 0 aromatic rings. The van der Waals surface area contributed by atoms with Crippen LogP contribution in [0.2, 0.25) is 0 Å². The highest BCUT2D eigenvalue weighted by atomic mass is 16.8. The van der Waals surface area contributed by atoms with Crippen molar-refractivity contribution in [3.05, 3.63) is 11.6 Å². The van der Waals surface area contributed by atoms with Gasteiger partial charge in [0.15, 0.2) is 30.9 Å². The average molecular weight is 1030 g/mol. The second kappa shape index (κ2) is 20.6. The molecule has 9 fully saturated rings. The highest BCUT2D eigenvalue weighted by molar-refractivity contribution is 5.29. The molecule has 1 spiro atoms. The van der Waals surface area contributed by atoms with Crippen molar-refractivity contribution in [3.8, 4) is 0 Å². The van der Waals surface area contributed by atoms with Crippen molar-refractivity contribution in [3.63, 3.8) is 0 Å². The summed E-state index contributed by atoms with van der Waals surface area (Å²) in [6, 6.07) is 0. The topological polar surface area (TPSA) is 335 Å². The van der Waals surface area contributed by atoms with Crippen molar-refractivity contribution in [1.82, 2.24) is 0 Å². The second-order valence-corrected chi connectivity index (χ2v) is 23.5. The maximum atomic E-state index is 12.3. The van der Waals surface area contributed by atoms with Crippen LogP contribution in [0, 0.1) is 46.3 Å². The Balaban J connectivity index is 0.905. The number of aliphatic hydroxyl groups excluding tert-OH is 12. The van der Waals surface area contributed by atoms with Crippen LogP contribution in [0.3, 0.4) is 0 Å². The van der Waals surface area contributed by atoms with E-state index in [4.69, 9.17) is 47.4 Å². The van der Waals surface area contributed by atoms with E-state index in [1.165, 1.54) is 6.92 Å². The number of aliphatic hydroxyl groups is 12. The molecule has 0 radical (unpaired) electrons. The molecule has 31 atom stereocenters. The van der Waals surface area contributed by atoms with Crippen molar-refractivity contribution in [2.45, 2.75) is 227 Å². The lowest BCUT2D eigenvalue weighted by Crippen LogP contribution is -2.68. The zero-order valence-corrected chi connectivity index (χ0v) is 41.7. The van der Waals surface area contributed by atoms with E-state index in [0.717, 1.165) is 44.1 Å². The molecule has 12 N–H and O–H groups in total. The van der Waals surface area contributed by atoms with Crippen molar-refractivity contribution < 1.29 is 109 Å². The van der Waals surface area contributed by atoms with E-state index < -0.39 is 160 Å². The first-order chi connectivity index (χ1) is 34.1. The first-order valence-corrected chi connectivity index (χ1v) is 26.4. The number of rotatable bonds is 10. The number of ether oxygens (including phenoxy) is 10. The Bertz CT molecular complexity index is 1910. The maximum absolute atomic E-state index is 12.3. The molecule has 6 heterocycles. The quantitative estimate of drug-likeness (QED) is 0.102. The second-order valence-electron chi connectivity index (χ2n) is 23.5. The van der Waals surface area contributed by atoms with Crippen molar-refractivity contribution >= 4 is 0 Å². The minimum Gasteiger partial charge on any atom is -0.394 e. The summed E-state index contributed by atoms with van der Waals surface area (Å²) in [5.41, 5.74) is 0.465. The Morgan fingerprint density at radius 1 is 0.625 bits per heavy atom. The Morgan fingerprint density at radius 2 is 1.29 bits per heavy atom. The molecule has 0 amide bonds.